The van der Waals surface area contributed by atoms with E-state index in [9.17, 15) is 4.79 Å². The monoisotopic (exact) mass is 382 g/mol. The zero-order chi connectivity index (χ0) is 18.8. The van der Waals surface area contributed by atoms with Crippen LogP contribution in [0.15, 0.2) is 40.3 Å². The summed E-state index contributed by atoms with van der Waals surface area (Å²) in [5.74, 6) is 0.0525. The van der Waals surface area contributed by atoms with Gasteiger partial charge in [-0.3, -0.25) is 9.69 Å². The SMILES string of the molecule is Cc1cc2occ(CC(=O)NCC(c3cccs3)N3CCCC3)c2cc1C. The maximum absolute atomic E-state index is 12.6. The Morgan fingerprint density at radius 3 is 2.78 bits per heavy atom. The maximum atomic E-state index is 12.6. The lowest BCUT2D eigenvalue weighted by molar-refractivity contribution is -0.120. The molecule has 3 aromatic rings. The van der Waals surface area contributed by atoms with Gasteiger partial charge >= 0.3 is 0 Å². The number of hydrogen-bond donors (Lipinski definition) is 1. The van der Waals surface area contributed by atoms with Crippen LogP contribution in [0, 0.1) is 13.8 Å². The number of carbonyl (C=O) groups is 1. The smallest absolute Gasteiger partial charge is 0.224 e. The third kappa shape index (κ3) is 3.94. The lowest BCUT2D eigenvalue weighted by Crippen LogP contribution is -2.37. The summed E-state index contributed by atoms with van der Waals surface area (Å²) in [4.78, 5) is 16.4. The minimum absolute atomic E-state index is 0.0525. The van der Waals surface area contributed by atoms with E-state index in [2.05, 4.69) is 47.6 Å². The summed E-state index contributed by atoms with van der Waals surface area (Å²) >= 11 is 1.77. The minimum atomic E-state index is 0.0525. The average molecular weight is 383 g/mol. The van der Waals surface area contributed by atoms with Gasteiger partial charge in [0.15, 0.2) is 0 Å². The van der Waals surface area contributed by atoms with Gasteiger partial charge < -0.3 is 9.73 Å². The molecule has 2 aromatic heterocycles. The Morgan fingerprint density at radius 1 is 1.26 bits per heavy atom. The molecule has 1 fully saturated rings. The molecule has 0 saturated carbocycles. The molecule has 27 heavy (non-hydrogen) atoms. The molecular weight excluding hydrogens is 356 g/mol. The lowest BCUT2D eigenvalue weighted by Gasteiger charge is -2.26. The third-order valence-electron chi connectivity index (χ3n) is 5.57. The number of aryl methyl sites for hydroxylation is 2. The van der Waals surface area contributed by atoms with E-state index in [-0.39, 0.29) is 11.9 Å². The summed E-state index contributed by atoms with van der Waals surface area (Å²) in [6, 6.07) is 8.71. The molecule has 1 unspecified atom stereocenters. The minimum Gasteiger partial charge on any atom is -0.464 e. The standard InChI is InChI=1S/C22H26N2O2S/c1-15-10-18-17(14-26-20(18)11-16(15)2)12-22(25)23-13-19(21-6-5-9-27-21)24-7-3-4-8-24/h5-6,9-11,14,19H,3-4,7-8,12-13H2,1-2H3,(H,23,25). The first-order chi connectivity index (χ1) is 13.1. The van der Waals surface area contributed by atoms with E-state index in [0.29, 0.717) is 13.0 Å². The Morgan fingerprint density at radius 2 is 2.04 bits per heavy atom. The first kappa shape index (κ1) is 18.3. The van der Waals surface area contributed by atoms with Crippen molar-refractivity contribution in [3.63, 3.8) is 0 Å². The summed E-state index contributed by atoms with van der Waals surface area (Å²) in [7, 11) is 0. The molecule has 4 nitrogen and oxygen atoms in total. The van der Waals surface area contributed by atoms with Gasteiger partial charge in [0.1, 0.15) is 5.58 Å². The van der Waals surface area contributed by atoms with E-state index in [1.807, 2.05) is 6.07 Å². The first-order valence-corrected chi connectivity index (χ1v) is 10.5. The topological polar surface area (TPSA) is 45.5 Å². The fourth-order valence-corrected chi connectivity index (χ4v) is 4.72. The van der Waals surface area contributed by atoms with Crippen LogP contribution < -0.4 is 5.32 Å². The first-order valence-electron chi connectivity index (χ1n) is 9.63. The summed E-state index contributed by atoms with van der Waals surface area (Å²) in [6.07, 6.45) is 4.57. The molecule has 0 bridgehead atoms. The van der Waals surface area contributed by atoms with Crippen LogP contribution in [0.3, 0.4) is 0 Å². The Kier molecular flexibility index (Phi) is 5.32. The molecule has 1 aromatic carbocycles. The van der Waals surface area contributed by atoms with Gasteiger partial charge in [-0.05, 0) is 74.5 Å². The lowest BCUT2D eigenvalue weighted by atomic mass is 10.0. The van der Waals surface area contributed by atoms with Crippen molar-refractivity contribution in [2.45, 2.75) is 39.2 Å². The average Bonchev–Trinajstić information content (AvgIpc) is 3.40. The highest BCUT2D eigenvalue weighted by molar-refractivity contribution is 7.10. The molecule has 1 saturated heterocycles. The number of rotatable bonds is 6. The zero-order valence-corrected chi connectivity index (χ0v) is 16.8. The fraction of sp³-hybridized carbons (Fsp3) is 0.409. The second-order valence-corrected chi connectivity index (χ2v) is 8.43. The number of fused-ring (bicyclic) bond motifs is 1. The number of thiophene rings is 1. The van der Waals surface area contributed by atoms with Crippen molar-refractivity contribution in [2.75, 3.05) is 19.6 Å². The predicted octanol–water partition coefficient (Wildman–Crippen LogP) is 4.61. The number of benzene rings is 1. The van der Waals surface area contributed by atoms with Crippen LogP contribution in [-0.2, 0) is 11.2 Å². The molecular formula is C22H26N2O2S. The third-order valence-corrected chi connectivity index (χ3v) is 6.54. The molecule has 4 rings (SSSR count). The van der Waals surface area contributed by atoms with Gasteiger partial charge in [0.25, 0.3) is 0 Å². The molecule has 1 N–H and O–H groups in total. The molecule has 5 heteroatoms. The molecule has 1 aliphatic heterocycles. The number of carbonyl (C=O) groups excluding carboxylic acids is 1. The second-order valence-electron chi connectivity index (χ2n) is 7.45. The Labute approximate surface area is 164 Å². The number of nitrogens with zero attached hydrogens (tertiary/aromatic N) is 1. The number of likely N-dealkylation sites (tertiary alicyclic amines) is 1. The quantitative estimate of drug-likeness (QED) is 0.677. The maximum Gasteiger partial charge on any atom is 0.224 e. The van der Waals surface area contributed by atoms with E-state index in [1.165, 1.54) is 28.8 Å². The van der Waals surface area contributed by atoms with E-state index in [0.717, 1.165) is 29.6 Å². The van der Waals surface area contributed by atoms with Gasteiger partial charge in [-0.2, -0.15) is 0 Å². The molecule has 3 heterocycles. The normalized spacial score (nSPS) is 16.1. The van der Waals surface area contributed by atoms with Crippen molar-refractivity contribution >= 4 is 28.2 Å². The summed E-state index contributed by atoms with van der Waals surface area (Å²) in [6.45, 7) is 7.06. The summed E-state index contributed by atoms with van der Waals surface area (Å²) in [5, 5.41) is 6.32. The fourth-order valence-electron chi connectivity index (χ4n) is 3.86. The number of nitrogens with one attached hydrogen (secondary N) is 1. The van der Waals surface area contributed by atoms with E-state index in [1.54, 1.807) is 17.6 Å². The Hall–Kier alpha value is -2.11. The molecule has 1 amide bonds. The van der Waals surface area contributed by atoms with Crippen LogP contribution in [0.2, 0.25) is 0 Å². The largest absolute Gasteiger partial charge is 0.464 e. The number of hydrogen-bond acceptors (Lipinski definition) is 4. The van der Waals surface area contributed by atoms with Gasteiger partial charge in [0.2, 0.25) is 5.91 Å². The molecule has 1 atom stereocenters. The van der Waals surface area contributed by atoms with Crippen molar-refractivity contribution in [1.82, 2.24) is 10.2 Å². The molecule has 142 valence electrons. The van der Waals surface area contributed by atoms with E-state index < -0.39 is 0 Å². The van der Waals surface area contributed by atoms with Gasteiger partial charge in [-0.15, -0.1) is 11.3 Å². The van der Waals surface area contributed by atoms with Crippen molar-refractivity contribution in [1.29, 1.82) is 0 Å². The number of furan rings is 1. The van der Waals surface area contributed by atoms with Crippen LogP contribution in [-0.4, -0.2) is 30.4 Å². The molecule has 0 radical (unpaired) electrons. The van der Waals surface area contributed by atoms with E-state index >= 15 is 0 Å². The van der Waals surface area contributed by atoms with Crippen LogP contribution in [0.25, 0.3) is 11.0 Å². The number of amides is 1. The van der Waals surface area contributed by atoms with Gasteiger partial charge in [0.05, 0.1) is 18.7 Å². The van der Waals surface area contributed by atoms with Gasteiger partial charge in [0, 0.05) is 22.4 Å². The highest BCUT2D eigenvalue weighted by Crippen LogP contribution is 2.28. The van der Waals surface area contributed by atoms with Gasteiger partial charge in [-0.1, -0.05) is 6.07 Å². The predicted molar refractivity (Wildman–Crippen MR) is 110 cm³/mol. The van der Waals surface area contributed by atoms with Crippen LogP contribution >= 0.6 is 11.3 Å². The molecule has 0 spiro atoms. The highest BCUT2D eigenvalue weighted by atomic mass is 32.1. The second kappa shape index (κ2) is 7.87. The van der Waals surface area contributed by atoms with Gasteiger partial charge in [-0.25, -0.2) is 0 Å². The van der Waals surface area contributed by atoms with Crippen molar-refractivity contribution in [3.05, 3.63) is 57.5 Å². The highest BCUT2D eigenvalue weighted by Gasteiger charge is 2.24. The van der Waals surface area contributed by atoms with E-state index in [4.69, 9.17) is 4.42 Å². The Balaban J connectivity index is 1.43. The zero-order valence-electron chi connectivity index (χ0n) is 16.0. The summed E-state index contributed by atoms with van der Waals surface area (Å²) in [5.41, 5.74) is 4.24. The van der Waals surface area contributed by atoms with Crippen LogP contribution in [0.5, 0.6) is 0 Å². The Bertz CT molecular complexity index is 923. The molecule has 1 aliphatic rings. The van der Waals surface area contributed by atoms with Crippen molar-refractivity contribution in [2.24, 2.45) is 0 Å². The molecule has 0 aliphatic carbocycles. The van der Waals surface area contributed by atoms with Crippen molar-refractivity contribution < 1.29 is 9.21 Å². The van der Waals surface area contributed by atoms with Crippen LogP contribution in [0.1, 0.15) is 40.5 Å². The summed E-state index contributed by atoms with van der Waals surface area (Å²) < 4.78 is 5.66. The van der Waals surface area contributed by atoms with Crippen molar-refractivity contribution in [3.8, 4) is 0 Å². The van der Waals surface area contributed by atoms with Crippen LogP contribution in [0.4, 0.5) is 0 Å².